The van der Waals surface area contributed by atoms with Gasteiger partial charge in [0.2, 0.25) is 0 Å². The van der Waals surface area contributed by atoms with Crippen molar-refractivity contribution in [3.05, 3.63) is 87.0 Å². The van der Waals surface area contributed by atoms with Gasteiger partial charge in [-0.1, -0.05) is 24.3 Å². The van der Waals surface area contributed by atoms with Gasteiger partial charge in [0.05, 0.1) is 23.9 Å². The number of benzene rings is 3. The van der Waals surface area contributed by atoms with Crippen LogP contribution < -0.4 is 15.0 Å². The Hall–Kier alpha value is -2.75. The van der Waals surface area contributed by atoms with E-state index in [1.807, 2.05) is 0 Å². The van der Waals surface area contributed by atoms with Gasteiger partial charge in [-0.25, -0.2) is 0 Å². The average molecular weight is 524 g/mol. The van der Waals surface area contributed by atoms with Gasteiger partial charge in [-0.2, -0.15) is 13.2 Å². The molecular formula is C22H16F3IN2O2. The van der Waals surface area contributed by atoms with Crippen LogP contribution >= 0.6 is 22.6 Å². The Labute approximate surface area is 184 Å². The molecule has 3 aromatic carbocycles. The van der Waals surface area contributed by atoms with Crippen LogP contribution in [0.2, 0.25) is 0 Å². The lowest BCUT2D eigenvalue weighted by molar-refractivity contribution is -0.138. The molecule has 0 fully saturated rings. The normalized spacial score (nSPS) is 16.1. The third kappa shape index (κ3) is 3.71. The highest BCUT2D eigenvalue weighted by Gasteiger charge is 2.40. The van der Waals surface area contributed by atoms with E-state index in [2.05, 4.69) is 27.9 Å². The molecule has 0 aliphatic carbocycles. The van der Waals surface area contributed by atoms with E-state index in [-0.39, 0.29) is 5.56 Å². The molecule has 4 rings (SSSR count). The molecule has 0 saturated heterocycles. The Morgan fingerprint density at radius 2 is 1.80 bits per heavy atom. The molecule has 0 unspecified atom stereocenters. The van der Waals surface area contributed by atoms with Gasteiger partial charge in [0, 0.05) is 20.9 Å². The Morgan fingerprint density at radius 3 is 2.53 bits per heavy atom. The minimum Gasteiger partial charge on any atom is -0.497 e. The number of methoxy groups -OCH3 is 1. The summed E-state index contributed by atoms with van der Waals surface area (Å²) in [4.78, 5) is 14.8. The number of halogens is 4. The molecule has 1 aliphatic heterocycles. The van der Waals surface area contributed by atoms with Crippen LogP contribution in [-0.2, 0) is 6.18 Å². The van der Waals surface area contributed by atoms with Crippen molar-refractivity contribution in [2.24, 2.45) is 0 Å². The zero-order valence-corrected chi connectivity index (χ0v) is 17.9. The number of rotatable bonds is 3. The van der Waals surface area contributed by atoms with Crippen LogP contribution in [0, 0.1) is 3.57 Å². The quantitative estimate of drug-likeness (QED) is 0.422. The summed E-state index contributed by atoms with van der Waals surface area (Å²) < 4.78 is 47.3. The smallest absolute Gasteiger partial charge is 0.416 e. The lowest BCUT2D eigenvalue weighted by atomic mass is 9.98. The minimum atomic E-state index is -4.56. The summed E-state index contributed by atoms with van der Waals surface area (Å²) >= 11 is 2.09. The maximum atomic E-state index is 13.7. The van der Waals surface area contributed by atoms with Crippen molar-refractivity contribution in [2.45, 2.75) is 12.3 Å². The first kappa shape index (κ1) is 20.5. The van der Waals surface area contributed by atoms with Gasteiger partial charge in [0.1, 0.15) is 11.9 Å². The number of nitrogens with one attached hydrogen (secondary N) is 1. The van der Waals surface area contributed by atoms with E-state index in [4.69, 9.17) is 4.74 Å². The van der Waals surface area contributed by atoms with E-state index in [1.54, 1.807) is 42.5 Å². The summed E-state index contributed by atoms with van der Waals surface area (Å²) in [6.45, 7) is 0. The number of hydrogen-bond donors (Lipinski definition) is 1. The summed E-state index contributed by atoms with van der Waals surface area (Å²) in [5.41, 5.74) is 0.480. The fourth-order valence-electron chi connectivity index (χ4n) is 3.52. The molecule has 0 aromatic heterocycles. The number of amides is 1. The van der Waals surface area contributed by atoms with Gasteiger partial charge >= 0.3 is 6.18 Å². The van der Waals surface area contributed by atoms with Gasteiger partial charge in [0.25, 0.3) is 5.91 Å². The largest absolute Gasteiger partial charge is 0.497 e. The van der Waals surface area contributed by atoms with Crippen LogP contribution in [0.25, 0.3) is 0 Å². The van der Waals surface area contributed by atoms with Crippen LogP contribution in [0.1, 0.15) is 27.7 Å². The van der Waals surface area contributed by atoms with Crippen molar-refractivity contribution < 1.29 is 22.7 Å². The Morgan fingerprint density at radius 1 is 1.03 bits per heavy atom. The first-order valence-corrected chi connectivity index (χ1v) is 10.1. The van der Waals surface area contributed by atoms with Crippen molar-refractivity contribution in [1.29, 1.82) is 0 Å². The maximum absolute atomic E-state index is 13.7. The number of alkyl halides is 3. The van der Waals surface area contributed by atoms with Gasteiger partial charge in [-0.05, 0) is 59.0 Å². The zero-order chi connectivity index (χ0) is 21.5. The zero-order valence-electron chi connectivity index (χ0n) is 15.7. The lowest BCUT2D eigenvalue weighted by Crippen LogP contribution is -2.44. The predicted molar refractivity (Wildman–Crippen MR) is 117 cm³/mol. The highest BCUT2D eigenvalue weighted by Crippen LogP contribution is 2.42. The van der Waals surface area contributed by atoms with Gasteiger partial charge in [0.15, 0.2) is 0 Å². The van der Waals surface area contributed by atoms with Gasteiger partial charge in [-0.15, -0.1) is 0 Å². The van der Waals surface area contributed by atoms with Crippen LogP contribution in [0.4, 0.5) is 24.5 Å². The third-order valence-electron chi connectivity index (χ3n) is 4.87. The van der Waals surface area contributed by atoms with E-state index < -0.39 is 23.8 Å². The summed E-state index contributed by atoms with van der Waals surface area (Å²) in [6.07, 6.45) is -5.61. The van der Waals surface area contributed by atoms with Crippen molar-refractivity contribution in [3.63, 3.8) is 0 Å². The molecule has 1 atom stereocenters. The molecule has 0 radical (unpaired) electrons. The molecule has 1 aliphatic rings. The Bertz CT molecular complexity index is 1120. The summed E-state index contributed by atoms with van der Waals surface area (Å²) in [6, 6.07) is 17.2. The van der Waals surface area contributed by atoms with E-state index in [0.717, 1.165) is 9.64 Å². The molecule has 4 nitrogen and oxygen atoms in total. The third-order valence-corrected chi connectivity index (χ3v) is 5.54. The fourth-order valence-corrected chi connectivity index (χ4v) is 4.01. The van der Waals surface area contributed by atoms with Crippen molar-refractivity contribution >= 4 is 39.9 Å². The van der Waals surface area contributed by atoms with Gasteiger partial charge < -0.3 is 10.1 Å². The SMILES string of the molecule is COc1cccc(N2C(=O)c3cc(I)ccc3N[C@H]2c2ccccc2C(F)(F)F)c1. The molecule has 30 heavy (non-hydrogen) atoms. The number of carbonyl (C=O) groups is 1. The second kappa shape index (κ2) is 7.82. The number of nitrogens with zero attached hydrogens (tertiary/aromatic N) is 1. The van der Waals surface area contributed by atoms with E-state index >= 15 is 0 Å². The molecule has 1 heterocycles. The molecule has 3 aromatic rings. The molecule has 8 heteroatoms. The molecule has 0 saturated carbocycles. The number of hydrogen-bond acceptors (Lipinski definition) is 3. The van der Waals surface area contributed by atoms with Crippen molar-refractivity contribution in [1.82, 2.24) is 0 Å². The first-order chi connectivity index (χ1) is 14.3. The number of anilines is 2. The molecular weight excluding hydrogens is 508 g/mol. The van der Waals surface area contributed by atoms with Crippen LogP contribution in [0.15, 0.2) is 66.7 Å². The monoisotopic (exact) mass is 524 g/mol. The highest BCUT2D eigenvalue weighted by atomic mass is 127. The minimum absolute atomic E-state index is 0.0367. The first-order valence-electron chi connectivity index (χ1n) is 8.99. The van der Waals surface area contributed by atoms with Crippen LogP contribution in [0.5, 0.6) is 5.75 Å². The number of ether oxygens (including phenoxy) is 1. The highest BCUT2D eigenvalue weighted by molar-refractivity contribution is 14.1. The fraction of sp³-hybridized carbons (Fsp3) is 0.136. The topological polar surface area (TPSA) is 41.6 Å². The summed E-state index contributed by atoms with van der Waals surface area (Å²) in [7, 11) is 1.49. The predicted octanol–water partition coefficient (Wildman–Crippen LogP) is 6.09. The molecule has 1 amide bonds. The number of fused-ring (bicyclic) bond motifs is 1. The van der Waals surface area contributed by atoms with Gasteiger partial charge in [-0.3, -0.25) is 9.69 Å². The van der Waals surface area contributed by atoms with Crippen LogP contribution in [-0.4, -0.2) is 13.0 Å². The van der Waals surface area contributed by atoms with E-state index in [1.165, 1.54) is 30.2 Å². The second-order valence-corrected chi connectivity index (χ2v) is 7.94. The average Bonchev–Trinajstić information content (AvgIpc) is 2.73. The van der Waals surface area contributed by atoms with E-state index in [9.17, 15) is 18.0 Å². The Kier molecular flexibility index (Phi) is 5.35. The van der Waals surface area contributed by atoms with Crippen molar-refractivity contribution in [2.75, 3.05) is 17.3 Å². The molecule has 154 valence electrons. The molecule has 0 bridgehead atoms. The molecule has 1 N–H and O–H groups in total. The number of carbonyl (C=O) groups excluding carboxylic acids is 1. The lowest BCUT2D eigenvalue weighted by Gasteiger charge is -2.39. The second-order valence-electron chi connectivity index (χ2n) is 6.70. The Balaban J connectivity index is 1.93. The van der Waals surface area contributed by atoms with Crippen molar-refractivity contribution in [3.8, 4) is 5.75 Å². The summed E-state index contributed by atoms with van der Waals surface area (Å²) in [5.74, 6) is 0.106. The van der Waals surface area contributed by atoms with E-state index in [0.29, 0.717) is 22.7 Å². The maximum Gasteiger partial charge on any atom is 0.416 e. The van der Waals surface area contributed by atoms with Crippen LogP contribution in [0.3, 0.4) is 0 Å². The summed E-state index contributed by atoms with van der Waals surface area (Å²) in [5, 5.41) is 3.13. The standard InChI is InChI=1S/C22H16F3IN2O2/c1-30-15-6-4-5-14(12-15)28-20(16-7-2-3-8-18(16)22(23,24)25)27-19-10-9-13(26)11-17(19)21(28)29/h2-12,20,27H,1H3/t20-/m1/s1. The molecule has 0 spiro atoms.